The maximum absolute atomic E-state index is 6.37. The van der Waals surface area contributed by atoms with E-state index in [2.05, 4.69) is 21.7 Å². The molecule has 3 rings (SSSR count). The Morgan fingerprint density at radius 3 is 2.21 bits per heavy atom. The van der Waals surface area contributed by atoms with Crippen molar-refractivity contribution in [2.24, 2.45) is 10.7 Å². The van der Waals surface area contributed by atoms with Crippen LogP contribution in [0.3, 0.4) is 0 Å². The van der Waals surface area contributed by atoms with Crippen LogP contribution in [0.25, 0.3) is 0 Å². The summed E-state index contributed by atoms with van der Waals surface area (Å²) in [7, 11) is 2.22. The molecule has 3 heterocycles. The van der Waals surface area contributed by atoms with Crippen molar-refractivity contribution in [2.75, 3.05) is 66.1 Å². The van der Waals surface area contributed by atoms with Crippen molar-refractivity contribution in [1.82, 2.24) is 14.7 Å². The lowest BCUT2D eigenvalue weighted by Gasteiger charge is -2.49. The molecule has 3 aliphatic heterocycles. The summed E-state index contributed by atoms with van der Waals surface area (Å²) in [6, 6.07) is 0. The molecule has 0 bridgehead atoms. The number of nitrogens with zero attached hydrogens (tertiary/aromatic N) is 4. The van der Waals surface area contributed by atoms with Crippen LogP contribution in [0.2, 0.25) is 0 Å². The quantitative estimate of drug-likeness (QED) is 0.614. The third-order valence-corrected chi connectivity index (χ3v) is 6.07. The Labute approximate surface area is 147 Å². The molecule has 24 heavy (non-hydrogen) atoms. The molecule has 2 N–H and O–H groups in total. The third-order valence-electron chi connectivity index (χ3n) is 6.07. The van der Waals surface area contributed by atoms with Crippen LogP contribution in [0, 0.1) is 0 Å². The number of guanidine groups is 1. The van der Waals surface area contributed by atoms with Crippen LogP contribution in [0.1, 0.15) is 38.5 Å². The minimum absolute atomic E-state index is 0.173. The molecule has 6 nitrogen and oxygen atoms in total. The molecule has 3 fully saturated rings. The van der Waals surface area contributed by atoms with E-state index in [9.17, 15) is 0 Å². The molecule has 0 atom stereocenters. The van der Waals surface area contributed by atoms with Crippen molar-refractivity contribution in [3.63, 3.8) is 0 Å². The standard InChI is InChI=1S/C18H35N5O/c1-21-10-6-18(7-11-21,23-12-14-24-15-13-23)16-20-17(19)22-8-4-2-3-5-9-22/h2-16H2,1H3,(H2,19,20). The number of likely N-dealkylation sites (tertiary alicyclic amines) is 2. The molecule has 0 radical (unpaired) electrons. The van der Waals surface area contributed by atoms with E-state index in [0.717, 1.165) is 65.0 Å². The number of aliphatic imine (C=N–C) groups is 1. The number of hydrogen-bond acceptors (Lipinski definition) is 4. The molecule has 0 aliphatic carbocycles. The lowest BCUT2D eigenvalue weighted by molar-refractivity contribution is -0.0411. The van der Waals surface area contributed by atoms with Gasteiger partial charge in [-0.15, -0.1) is 0 Å². The fourth-order valence-electron chi connectivity index (χ4n) is 4.27. The SMILES string of the molecule is CN1CCC(CN=C(N)N2CCCCCC2)(N2CCOCC2)CC1. The van der Waals surface area contributed by atoms with Gasteiger partial charge in [-0.3, -0.25) is 9.89 Å². The van der Waals surface area contributed by atoms with Gasteiger partial charge in [-0.1, -0.05) is 12.8 Å². The second-order valence-corrected chi connectivity index (χ2v) is 7.70. The highest BCUT2D eigenvalue weighted by Gasteiger charge is 2.39. The van der Waals surface area contributed by atoms with Crippen LogP contribution in [-0.2, 0) is 4.74 Å². The van der Waals surface area contributed by atoms with Gasteiger partial charge in [0.05, 0.1) is 19.8 Å². The first-order chi connectivity index (χ1) is 11.7. The van der Waals surface area contributed by atoms with Gasteiger partial charge in [0.25, 0.3) is 0 Å². The van der Waals surface area contributed by atoms with Gasteiger partial charge < -0.3 is 20.3 Å². The zero-order valence-corrected chi connectivity index (χ0v) is 15.4. The van der Waals surface area contributed by atoms with Crippen molar-refractivity contribution < 1.29 is 4.74 Å². The second kappa shape index (κ2) is 8.50. The topological polar surface area (TPSA) is 57.3 Å². The predicted octanol–water partition coefficient (Wildman–Crippen LogP) is 0.974. The summed E-state index contributed by atoms with van der Waals surface area (Å²) in [6.45, 7) is 9.04. The summed E-state index contributed by atoms with van der Waals surface area (Å²) in [6.07, 6.45) is 7.51. The van der Waals surface area contributed by atoms with E-state index >= 15 is 0 Å². The molecule has 138 valence electrons. The summed E-state index contributed by atoms with van der Waals surface area (Å²) >= 11 is 0. The van der Waals surface area contributed by atoms with E-state index in [1.807, 2.05) is 0 Å². The summed E-state index contributed by atoms with van der Waals surface area (Å²) in [5, 5.41) is 0. The maximum Gasteiger partial charge on any atom is 0.191 e. The Morgan fingerprint density at radius 2 is 1.58 bits per heavy atom. The normalized spacial score (nSPS) is 27.9. The van der Waals surface area contributed by atoms with Crippen molar-refractivity contribution >= 4 is 5.96 Å². The molecule has 0 amide bonds. The molecule has 0 aromatic rings. The van der Waals surface area contributed by atoms with E-state index in [-0.39, 0.29) is 5.54 Å². The van der Waals surface area contributed by atoms with Gasteiger partial charge >= 0.3 is 0 Å². The van der Waals surface area contributed by atoms with Crippen molar-refractivity contribution in [2.45, 2.75) is 44.1 Å². The fourth-order valence-corrected chi connectivity index (χ4v) is 4.27. The van der Waals surface area contributed by atoms with Gasteiger partial charge in [-0.25, -0.2) is 0 Å². The largest absolute Gasteiger partial charge is 0.379 e. The molecule has 0 saturated carbocycles. The molecule has 6 heteroatoms. The van der Waals surface area contributed by atoms with E-state index in [1.54, 1.807) is 0 Å². The molecule has 3 aliphatic rings. The fraction of sp³-hybridized carbons (Fsp3) is 0.944. The Balaban J connectivity index is 1.67. The smallest absolute Gasteiger partial charge is 0.191 e. The predicted molar refractivity (Wildman–Crippen MR) is 98.4 cm³/mol. The van der Waals surface area contributed by atoms with Gasteiger partial charge in [-0.2, -0.15) is 0 Å². The van der Waals surface area contributed by atoms with Crippen molar-refractivity contribution in [3.05, 3.63) is 0 Å². The van der Waals surface area contributed by atoms with E-state index in [1.165, 1.54) is 38.5 Å². The van der Waals surface area contributed by atoms with E-state index < -0.39 is 0 Å². The summed E-state index contributed by atoms with van der Waals surface area (Å²) in [5.74, 6) is 0.767. The minimum atomic E-state index is 0.173. The number of piperidine rings is 1. The Bertz CT molecular complexity index is 406. The molecular weight excluding hydrogens is 302 g/mol. The zero-order valence-electron chi connectivity index (χ0n) is 15.4. The van der Waals surface area contributed by atoms with Crippen LogP contribution in [0.5, 0.6) is 0 Å². The highest BCUT2D eigenvalue weighted by Crippen LogP contribution is 2.30. The number of rotatable bonds is 3. The number of morpholine rings is 1. The van der Waals surface area contributed by atoms with Crippen LogP contribution >= 0.6 is 0 Å². The summed E-state index contributed by atoms with van der Waals surface area (Å²) < 4.78 is 5.57. The molecule has 0 spiro atoms. The van der Waals surface area contributed by atoms with Crippen molar-refractivity contribution in [1.29, 1.82) is 0 Å². The van der Waals surface area contributed by atoms with Gasteiger partial charge in [0.15, 0.2) is 5.96 Å². The molecule has 0 aromatic heterocycles. The van der Waals surface area contributed by atoms with Gasteiger partial charge in [-0.05, 0) is 45.8 Å². The summed E-state index contributed by atoms with van der Waals surface area (Å²) in [5.41, 5.74) is 6.55. The van der Waals surface area contributed by atoms with Crippen LogP contribution < -0.4 is 5.73 Å². The molecule has 3 saturated heterocycles. The van der Waals surface area contributed by atoms with E-state index in [0.29, 0.717) is 0 Å². The zero-order chi connectivity index (χ0) is 16.8. The van der Waals surface area contributed by atoms with Gasteiger partial charge in [0.1, 0.15) is 0 Å². The van der Waals surface area contributed by atoms with Crippen molar-refractivity contribution in [3.8, 4) is 0 Å². The van der Waals surface area contributed by atoms with Crippen LogP contribution in [0.15, 0.2) is 4.99 Å². The molecule has 0 unspecified atom stereocenters. The number of ether oxygens (including phenoxy) is 1. The Kier molecular flexibility index (Phi) is 6.36. The van der Waals surface area contributed by atoms with Gasteiger partial charge in [0, 0.05) is 31.7 Å². The minimum Gasteiger partial charge on any atom is -0.379 e. The van der Waals surface area contributed by atoms with E-state index in [4.69, 9.17) is 15.5 Å². The average Bonchev–Trinajstić information content (AvgIpc) is 2.91. The molecule has 0 aromatic carbocycles. The second-order valence-electron chi connectivity index (χ2n) is 7.70. The third kappa shape index (κ3) is 4.41. The maximum atomic E-state index is 6.37. The monoisotopic (exact) mass is 337 g/mol. The first-order valence-electron chi connectivity index (χ1n) is 9.76. The molecular formula is C18H35N5O. The average molecular weight is 338 g/mol. The Morgan fingerprint density at radius 1 is 0.958 bits per heavy atom. The highest BCUT2D eigenvalue weighted by molar-refractivity contribution is 5.78. The Hall–Kier alpha value is -0.850. The van der Waals surface area contributed by atoms with Gasteiger partial charge in [0.2, 0.25) is 0 Å². The van der Waals surface area contributed by atoms with Crippen LogP contribution in [0.4, 0.5) is 0 Å². The lowest BCUT2D eigenvalue weighted by atomic mass is 9.85. The van der Waals surface area contributed by atoms with Crippen LogP contribution in [-0.4, -0.2) is 92.3 Å². The summed E-state index contributed by atoms with van der Waals surface area (Å²) in [4.78, 5) is 12.3. The first kappa shape index (κ1) is 18.0. The highest BCUT2D eigenvalue weighted by atomic mass is 16.5. The lowest BCUT2D eigenvalue weighted by Crippen LogP contribution is -2.60. The number of hydrogen-bond donors (Lipinski definition) is 1. The first-order valence-corrected chi connectivity index (χ1v) is 9.76. The number of nitrogens with two attached hydrogens (primary N) is 1.